The van der Waals surface area contributed by atoms with E-state index in [1.165, 1.54) is 4.90 Å². The summed E-state index contributed by atoms with van der Waals surface area (Å²) >= 11 is 12.2. The summed E-state index contributed by atoms with van der Waals surface area (Å²) in [4.78, 5) is 13.2. The molecule has 0 aliphatic carbocycles. The van der Waals surface area contributed by atoms with E-state index in [0.717, 1.165) is 5.56 Å². The molecule has 1 fully saturated rings. The lowest BCUT2D eigenvalue weighted by atomic mass is 9.88. The fraction of sp³-hybridized carbons (Fsp3) is 0.611. The van der Waals surface area contributed by atoms with Crippen molar-refractivity contribution in [2.45, 2.75) is 45.3 Å². The van der Waals surface area contributed by atoms with Crippen LogP contribution in [0.3, 0.4) is 0 Å². The highest BCUT2D eigenvalue weighted by Crippen LogP contribution is 2.36. The maximum absolute atomic E-state index is 11.7. The molecule has 3 N–H and O–H groups in total. The van der Waals surface area contributed by atoms with Gasteiger partial charge in [0.25, 0.3) is 0 Å². The maximum atomic E-state index is 11.7. The molecule has 0 aromatic heterocycles. The van der Waals surface area contributed by atoms with E-state index in [0.29, 0.717) is 36.1 Å². The highest BCUT2D eigenvalue weighted by Gasteiger charge is 2.39. The van der Waals surface area contributed by atoms with E-state index in [1.54, 1.807) is 12.1 Å². The molecule has 1 aromatic rings. The van der Waals surface area contributed by atoms with E-state index < -0.39 is 6.09 Å². The van der Waals surface area contributed by atoms with E-state index in [-0.39, 0.29) is 23.5 Å². The number of hydrogen-bond donors (Lipinski definition) is 2. The van der Waals surface area contributed by atoms with Crippen LogP contribution in [0.5, 0.6) is 0 Å². The third-order valence-electron chi connectivity index (χ3n) is 4.65. The van der Waals surface area contributed by atoms with Crippen LogP contribution in [0.1, 0.15) is 38.7 Å². The van der Waals surface area contributed by atoms with Crippen molar-refractivity contribution in [3.05, 3.63) is 33.8 Å². The fourth-order valence-corrected chi connectivity index (χ4v) is 3.42. The minimum Gasteiger partial charge on any atom is -0.465 e. The minimum absolute atomic E-state index is 0.151. The van der Waals surface area contributed by atoms with Crippen molar-refractivity contribution >= 4 is 29.3 Å². The van der Waals surface area contributed by atoms with Crippen LogP contribution in [-0.2, 0) is 4.74 Å². The highest BCUT2D eigenvalue weighted by molar-refractivity contribution is 6.42. The first-order chi connectivity index (χ1) is 11.6. The van der Waals surface area contributed by atoms with Crippen LogP contribution in [0.2, 0.25) is 10.0 Å². The number of hydrogen-bond acceptors (Lipinski definition) is 3. The quantitative estimate of drug-likeness (QED) is 0.812. The predicted molar refractivity (Wildman–Crippen MR) is 101 cm³/mol. The average molecular weight is 389 g/mol. The summed E-state index contributed by atoms with van der Waals surface area (Å²) in [7, 11) is 0. The Morgan fingerprint density at radius 1 is 1.32 bits per heavy atom. The lowest BCUT2D eigenvalue weighted by Gasteiger charge is -2.34. The van der Waals surface area contributed by atoms with Crippen LogP contribution in [0, 0.1) is 5.41 Å². The van der Waals surface area contributed by atoms with Gasteiger partial charge in [-0.25, -0.2) is 4.79 Å². The van der Waals surface area contributed by atoms with Crippen LogP contribution in [0.4, 0.5) is 4.79 Å². The molecule has 1 heterocycles. The monoisotopic (exact) mass is 388 g/mol. The number of ether oxygens (including phenoxy) is 1. The SMILES string of the molecule is CC(C)(C)C1CN(C(=O)O)C[C@@H](c2ccc(Cl)c(Cl)c2)[C@H](CCN)O1. The Bertz CT molecular complexity index is 619. The van der Waals surface area contributed by atoms with Gasteiger partial charge in [-0.3, -0.25) is 0 Å². The number of rotatable bonds is 3. The fourth-order valence-electron chi connectivity index (χ4n) is 3.11. The Balaban J connectivity index is 2.42. The summed E-state index contributed by atoms with van der Waals surface area (Å²) in [6.07, 6.45) is -0.703. The van der Waals surface area contributed by atoms with Crippen LogP contribution >= 0.6 is 23.2 Å². The molecule has 7 heteroatoms. The summed E-state index contributed by atoms with van der Waals surface area (Å²) in [5.74, 6) is -0.151. The summed E-state index contributed by atoms with van der Waals surface area (Å²) in [6, 6.07) is 5.40. The summed E-state index contributed by atoms with van der Waals surface area (Å²) in [5.41, 5.74) is 6.52. The standard InChI is InChI=1S/C18H26Cl2N2O3/c1-18(2,3)16-10-22(17(23)24)9-12(15(25-16)6-7-21)11-4-5-13(19)14(20)8-11/h4-5,8,12,15-16H,6-7,9-10,21H2,1-3H3,(H,23,24)/t12-,15-,16?/m0/s1. The molecule has 0 spiro atoms. The van der Waals surface area contributed by atoms with E-state index >= 15 is 0 Å². The van der Waals surface area contributed by atoms with Crippen molar-refractivity contribution in [1.29, 1.82) is 0 Å². The number of benzene rings is 1. The van der Waals surface area contributed by atoms with Crippen LogP contribution in [0.15, 0.2) is 18.2 Å². The summed E-state index contributed by atoms with van der Waals surface area (Å²) in [5, 5.41) is 10.5. The highest BCUT2D eigenvalue weighted by atomic mass is 35.5. The number of nitrogens with zero attached hydrogens (tertiary/aromatic N) is 1. The van der Waals surface area contributed by atoms with Gasteiger partial charge in [0, 0.05) is 12.5 Å². The van der Waals surface area contributed by atoms with Crippen molar-refractivity contribution in [2.75, 3.05) is 19.6 Å². The second-order valence-corrected chi connectivity index (χ2v) is 8.39. The largest absolute Gasteiger partial charge is 0.465 e. The molecule has 5 nitrogen and oxygen atoms in total. The third-order valence-corrected chi connectivity index (χ3v) is 5.39. The minimum atomic E-state index is -0.948. The van der Waals surface area contributed by atoms with Gasteiger partial charge in [0.1, 0.15) is 0 Å². The van der Waals surface area contributed by atoms with E-state index in [9.17, 15) is 9.90 Å². The topological polar surface area (TPSA) is 75.8 Å². The maximum Gasteiger partial charge on any atom is 0.407 e. The van der Waals surface area contributed by atoms with Gasteiger partial charge in [-0.1, -0.05) is 50.0 Å². The number of amides is 1. The summed E-state index contributed by atoms with van der Waals surface area (Å²) in [6.45, 7) is 7.29. The normalized spacial score (nSPS) is 24.9. The van der Waals surface area contributed by atoms with E-state index in [4.69, 9.17) is 33.7 Å². The van der Waals surface area contributed by atoms with Gasteiger partial charge in [-0.05, 0) is 36.1 Å². The molecular weight excluding hydrogens is 363 g/mol. The Kier molecular flexibility index (Phi) is 6.60. The molecule has 1 aromatic carbocycles. The molecule has 0 bridgehead atoms. The van der Waals surface area contributed by atoms with Gasteiger partial charge in [-0.2, -0.15) is 0 Å². The van der Waals surface area contributed by atoms with Gasteiger partial charge < -0.3 is 20.5 Å². The Hall–Kier alpha value is -1.01. The zero-order valence-electron chi connectivity index (χ0n) is 14.8. The molecule has 25 heavy (non-hydrogen) atoms. The van der Waals surface area contributed by atoms with Crippen molar-refractivity contribution < 1.29 is 14.6 Å². The second kappa shape index (κ2) is 8.12. The summed E-state index contributed by atoms with van der Waals surface area (Å²) < 4.78 is 6.37. The molecular formula is C18H26Cl2N2O3. The second-order valence-electron chi connectivity index (χ2n) is 7.57. The molecule has 3 atom stereocenters. The van der Waals surface area contributed by atoms with Gasteiger partial charge in [-0.15, -0.1) is 0 Å². The first-order valence-electron chi connectivity index (χ1n) is 8.41. The van der Waals surface area contributed by atoms with Crippen molar-refractivity contribution in [1.82, 2.24) is 4.90 Å². The lowest BCUT2D eigenvalue weighted by Crippen LogP contribution is -2.42. The number of halogens is 2. The molecule has 0 saturated carbocycles. The number of carboxylic acid groups (broad SMARTS) is 1. The predicted octanol–water partition coefficient (Wildman–Crippen LogP) is 4.22. The smallest absolute Gasteiger partial charge is 0.407 e. The first-order valence-corrected chi connectivity index (χ1v) is 9.17. The Morgan fingerprint density at radius 3 is 2.52 bits per heavy atom. The molecule has 1 saturated heterocycles. The van der Waals surface area contributed by atoms with Gasteiger partial charge >= 0.3 is 6.09 Å². The van der Waals surface area contributed by atoms with Gasteiger partial charge in [0.2, 0.25) is 0 Å². The molecule has 1 aliphatic rings. The van der Waals surface area contributed by atoms with Gasteiger partial charge in [0.15, 0.2) is 0 Å². The number of nitrogens with two attached hydrogens (primary N) is 1. The van der Waals surface area contributed by atoms with Crippen molar-refractivity contribution in [2.24, 2.45) is 11.1 Å². The van der Waals surface area contributed by atoms with E-state index in [1.807, 2.05) is 6.07 Å². The molecule has 1 unspecified atom stereocenters. The van der Waals surface area contributed by atoms with Crippen molar-refractivity contribution in [3.8, 4) is 0 Å². The lowest BCUT2D eigenvalue weighted by molar-refractivity contribution is -0.0677. The first kappa shape index (κ1) is 20.3. The Labute approximate surface area is 159 Å². The molecule has 1 amide bonds. The van der Waals surface area contributed by atoms with Gasteiger partial charge in [0.05, 0.1) is 28.8 Å². The molecule has 2 rings (SSSR count). The molecule has 0 radical (unpaired) electrons. The third kappa shape index (κ3) is 5.00. The number of carbonyl (C=O) groups is 1. The van der Waals surface area contributed by atoms with Crippen LogP contribution in [-0.4, -0.2) is 47.9 Å². The van der Waals surface area contributed by atoms with Crippen LogP contribution < -0.4 is 5.73 Å². The molecule has 140 valence electrons. The zero-order chi connectivity index (χ0) is 18.8. The zero-order valence-corrected chi connectivity index (χ0v) is 16.3. The van der Waals surface area contributed by atoms with Crippen molar-refractivity contribution in [3.63, 3.8) is 0 Å². The van der Waals surface area contributed by atoms with E-state index in [2.05, 4.69) is 20.8 Å². The van der Waals surface area contributed by atoms with Crippen LogP contribution in [0.25, 0.3) is 0 Å². The molecule has 1 aliphatic heterocycles. The average Bonchev–Trinajstić information content (AvgIpc) is 2.70. The Morgan fingerprint density at radius 2 is 2.00 bits per heavy atom.